The van der Waals surface area contributed by atoms with Crippen LogP contribution in [0.1, 0.15) is 32.1 Å². The van der Waals surface area contributed by atoms with Gasteiger partial charge in [0.2, 0.25) is 10.0 Å². The molecular formula is C19H26N2O4S. The van der Waals surface area contributed by atoms with Gasteiger partial charge in [0.05, 0.1) is 11.0 Å². The number of carbonyl (C=O) groups is 1. The second-order valence-corrected chi connectivity index (χ2v) is 9.50. The Balaban J connectivity index is 1.29. The van der Waals surface area contributed by atoms with Gasteiger partial charge in [0, 0.05) is 32.6 Å². The summed E-state index contributed by atoms with van der Waals surface area (Å²) in [6.07, 6.45) is 4.14. The van der Waals surface area contributed by atoms with E-state index in [0.717, 1.165) is 19.5 Å². The fourth-order valence-corrected chi connectivity index (χ4v) is 5.30. The van der Waals surface area contributed by atoms with Crippen molar-refractivity contribution in [3.05, 3.63) is 30.3 Å². The number of amides is 1. The molecule has 0 N–H and O–H groups in total. The summed E-state index contributed by atoms with van der Waals surface area (Å²) in [5, 5.41) is 0. The highest BCUT2D eigenvalue weighted by Crippen LogP contribution is 2.32. The molecule has 1 aromatic rings. The van der Waals surface area contributed by atoms with Crippen LogP contribution in [0.2, 0.25) is 0 Å². The van der Waals surface area contributed by atoms with Gasteiger partial charge in [-0.05, 0) is 43.7 Å². The van der Waals surface area contributed by atoms with Crippen molar-refractivity contribution in [1.82, 2.24) is 9.21 Å². The van der Waals surface area contributed by atoms with Gasteiger partial charge in [0.15, 0.2) is 0 Å². The molecule has 1 amide bonds. The van der Waals surface area contributed by atoms with Crippen LogP contribution in [0.15, 0.2) is 35.2 Å². The summed E-state index contributed by atoms with van der Waals surface area (Å²) in [4.78, 5) is 14.7. The zero-order chi connectivity index (χ0) is 18.1. The molecule has 2 aliphatic heterocycles. The topological polar surface area (TPSA) is 66.9 Å². The zero-order valence-electron chi connectivity index (χ0n) is 14.9. The van der Waals surface area contributed by atoms with Crippen molar-refractivity contribution in [1.29, 1.82) is 0 Å². The lowest BCUT2D eigenvalue weighted by atomic mass is 10.1. The molecule has 3 fully saturated rings. The van der Waals surface area contributed by atoms with Crippen LogP contribution < -0.4 is 0 Å². The van der Waals surface area contributed by atoms with Gasteiger partial charge in [-0.1, -0.05) is 18.2 Å². The maximum atomic E-state index is 12.7. The summed E-state index contributed by atoms with van der Waals surface area (Å²) in [7, 11) is -3.44. The molecule has 0 radical (unpaired) electrons. The fraction of sp³-hybridized carbons (Fsp3) is 0.632. The maximum Gasteiger partial charge on any atom is 0.251 e. The van der Waals surface area contributed by atoms with E-state index in [1.165, 1.54) is 17.1 Å². The van der Waals surface area contributed by atoms with E-state index in [1.54, 1.807) is 24.3 Å². The first-order valence-corrected chi connectivity index (χ1v) is 11.0. The fourth-order valence-electron chi connectivity index (χ4n) is 3.81. The third-order valence-corrected chi connectivity index (χ3v) is 7.48. The molecule has 2 heterocycles. The molecule has 1 unspecified atom stereocenters. The molecule has 7 heteroatoms. The molecule has 0 bridgehead atoms. The number of ether oxygens (including phenoxy) is 1. The van der Waals surface area contributed by atoms with Gasteiger partial charge in [-0.2, -0.15) is 4.31 Å². The minimum absolute atomic E-state index is 0.0351. The Bertz CT molecular complexity index is 740. The summed E-state index contributed by atoms with van der Waals surface area (Å²) < 4.78 is 32.9. The minimum Gasteiger partial charge on any atom is -0.365 e. The molecule has 1 saturated carbocycles. The van der Waals surface area contributed by atoms with Crippen LogP contribution in [-0.2, 0) is 19.6 Å². The van der Waals surface area contributed by atoms with Gasteiger partial charge in [0.1, 0.15) is 6.10 Å². The van der Waals surface area contributed by atoms with Crippen molar-refractivity contribution in [3.8, 4) is 0 Å². The summed E-state index contributed by atoms with van der Waals surface area (Å²) in [6, 6.07) is 8.54. The Labute approximate surface area is 155 Å². The van der Waals surface area contributed by atoms with Crippen molar-refractivity contribution in [3.63, 3.8) is 0 Å². The van der Waals surface area contributed by atoms with Gasteiger partial charge in [-0.3, -0.25) is 4.79 Å². The van der Waals surface area contributed by atoms with Crippen molar-refractivity contribution in [2.75, 3.05) is 26.2 Å². The molecule has 0 spiro atoms. The van der Waals surface area contributed by atoms with Crippen LogP contribution in [0.25, 0.3) is 0 Å². The van der Waals surface area contributed by atoms with Gasteiger partial charge in [-0.15, -0.1) is 0 Å². The van der Waals surface area contributed by atoms with Gasteiger partial charge >= 0.3 is 0 Å². The van der Waals surface area contributed by atoms with Crippen molar-refractivity contribution < 1.29 is 17.9 Å². The predicted octanol–water partition coefficient (Wildman–Crippen LogP) is 1.87. The summed E-state index contributed by atoms with van der Waals surface area (Å²) in [5.41, 5.74) is 0. The second-order valence-electron chi connectivity index (χ2n) is 7.56. The Kier molecular flexibility index (Phi) is 5.03. The normalized spacial score (nSPS) is 25.8. The Hall–Kier alpha value is -1.44. The molecule has 3 aliphatic rings. The number of likely N-dealkylation sites (tertiary alicyclic amines) is 1. The Morgan fingerprint density at radius 2 is 1.65 bits per heavy atom. The molecule has 4 rings (SSSR count). The Morgan fingerprint density at radius 1 is 0.962 bits per heavy atom. The van der Waals surface area contributed by atoms with Crippen molar-refractivity contribution >= 4 is 15.9 Å². The first-order chi connectivity index (χ1) is 12.5. The lowest BCUT2D eigenvalue weighted by Gasteiger charge is -2.32. The van der Waals surface area contributed by atoms with Crippen molar-refractivity contribution in [2.45, 2.75) is 49.2 Å². The number of nitrogens with zero attached hydrogens (tertiary/aromatic N) is 2. The smallest absolute Gasteiger partial charge is 0.251 e. The highest BCUT2D eigenvalue weighted by Gasteiger charge is 2.38. The van der Waals surface area contributed by atoms with Gasteiger partial charge < -0.3 is 9.64 Å². The Morgan fingerprint density at radius 3 is 2.31 bits per heavy atom. The molecule has 26 heavy (non-hydrogen) atoms. The van der Waals surface area contributed by atoms with Crippen LogP contribution in [0, 0.1) is 5.92 Å². The van der Waals surface area contributed by atoms with Gasteiger partial charge in [-0.25, -0.2) is 8.42 Å². The second kappa shape index (κ2) is 7.29. The minimum atomic E-state index is -3.44. The highest BCUT2D eigenvalue weighted by atomic mass is 32.2. The quantitative estimate of drug-likeness (QED) is 0.758. The average molecular weight is 378 g/mol. The number of piperidine rings is 1. The largest absolute Gasteiger partial charge is 0.365 e. The number of carbonyl (C=O) groups excluding carboxylic acids is 1. The predicted molar refractivity (Wildman–Crippen MR) is 97.0 cm³/mol. The van der Waals surface area contributed by atoms with E-state index in [2.05, 4.69) is 0 Å². The summed E-state index contributed by atoms with van der Waals surface area (Å²) in [5.74, 6) is 0.820. The van der Waals surface area contributed by atoms with E-state index in [9.17, 15) is 13.2 Å². The van der Waals surface area contributed by atoms with E-state index < -0.39 is 10.0 Å². The maximum absolute atomic E-state index is 12.7. The number of rotatable bonds is 6. The van der Waals surface area contributed by atoms with E-state index >= 15 is 0 Å². The van der Waals surface area contributed by atoms with Crippen LogP contribution in [0.5, 0.6) is 0 Å². The summed E-state index contributed by atoms with van der Waals surface area (Å²) in [6.45, 7) is 2.55. The highest BCUT2D eigenvalue weighted by molar-refractivity contribution is 7.89. The lowest BCUT2D eigenvalue weighted by molar-refractivity contribution is -0.141. The van der Waals surface area contributed by atoms with Crippen LogP contribution in [0.4, 0.5) is 0 Å². The molecule has 142 valence electrons. The van der Waals surface area contributed by atoms with E-state index in [0.29, 0.717) is 36.7 Å². The van der Waals surface area contributed by atoms with Crippen LogP contribution in [-0.4, -0.2) is 61.9 Å². The SMILES string of the molecule is O=C1C(OC2CCN(S(=O)(=O)c3ccccc3)CC2)CCN1CC1CC1. The number of hydrogen-bond donors (Lipinski definition) is 0. The monoisotopic (exact) mass is 378 g/mol. The van der Waals surface area contributed by atoms with E-state index in [1.807, 2.05) is 11.0 Å². The average Bonchev–Trinajstić information content (AvgIpc) is 3.42. The lowest BCUT2D eigenvalue weighted by Crippen LogP contribution is -2.42. The molecule has 2 saturated heterocycles. The molecule has 1 aliphatic carbocycles. The molecule has 0 aromatic heterocycles. The first-order valence-electron chi connectivity index (χ1n) is 9.53. The summed E-state index contributed by atoms with van der Waals surface area (Å²) >= 11 is 0. The third kappa shape index (κ3) is 3.80. The van der Waals surface area contributed by atoms with Crippen LogP contribution in [0.3, 0.4) is 0 Å². The number of hydrogen-bond acceptors (Lipinski definition) is 4. The zero-order valence-corrected chi connectivity index (χ0v) is 15.7. The molecule has 6 nitrogen and oxygen atoms in total. The van der Waals surface area contributed by atoms with Crippen LogP contribution >= 0.6 is 0 Å². The number of benzene rings is 1. The van der Waals surface area contributed by atoms with Gasteiger partial charge in [0.25, 0.3) is 5.91 Å². The van der Waals surface area contributed by atoms with E-state index in [4.69, 9.17) is 4.74 Å². The number of sulfonamides is 1. The third-order valence-electron chi connectivity index (χ3n) is 5.56. The first kappa shape index (κ1) is 17.9. The standard InChI is InChI=1S/C19H26N2O4S/c22-19-18(10-11-20(19)14-15-6-7-15)25-16-8-12-21(13-9-16)26(23,24)17-4-2-1-3-5-17/h1-5,15-16,18H,6-14H2. The molecule has 1 aromatic carbocycles. The molecule has 1 atom stereocenters. The molecular weight excluding hydrogens is 352 g/mol. The van der Waals surface area contributed by atoms with Crippen molar-refractivity contribution in [2.24, 2.45) is 5.92 Å². The van der Waals surface area contributed by atoms with E-state index in [-0.39, 0.29) is 18.1 Å².